The van der Waals surface area contributed by atoms with Gasteiger partial charge in [-0.2, -0.15) is 0 Å². The Morgan fingerprint density at radius 1 is 0.977 bits per heavy atom. The van der Waals surface area contributed by atoms with Crippen LogP contribution in [0.3, 0.4) is 0 Å². The van der Waals surface area contributed by atoms with Crippen molar-refractivity contribution in [1.29, 1.82) is 0 Å². The van der Waals surface area contributed by atoms with Crippen LogP contribution in [0.15, 0.2) is 95.6 Å². The molecule has 9 heteroatoms. The maximum Gasteiger partial charge on any atom is 0.248 e. The minimum Gasteiger partial charge on any atom is -0.490 e. The molecule has 1 saturated carbocycles. The van der Waals surface area contributed by atoms with Crippen molar-refractivity contribution in [3.05, 3.63) is 108 Å². The Morgan fingerprint density at radius 2 is 1.70 bits per heavy atom. The van der Waals surface area contributed by atoms with Crippen LogP contribution in [0.4, 0.5) is 19.0 Å². The summed E-state index contributed by atoms with van der Waals surface area (Å²) in [7, 11) is 0. The molecule has 0 saturated heterocycles. The van der Waals surface area contributed by atoms with Crippen molar-refractivity contribution in [2.24, 2.45) is 0 Å². The summed E-state index contributed by atoms with van der Waals surface area (Å²) in [5, 5.41) is 3.65. The van der Waals surface area contributed by atoms with Gasteiger partial charge in [-0.05, 0) is 95.8 Å². The summed E-state index contributed by atoms with van der Waals surface area (Å²) < 4.78 is 52.9. The number of hydrogen-bond donors (Lipinski definition) is 2. The zero-order valence-electron chi connectivity index (χ0n) is 23.7. The van der Waals surface area contributed by atoms with Crippen LogP contribution in [-0.2, 0) is 11.3 Å². The van der Waals surface area contributed by atoms with Gasteiger partial charge >= 0.3 is 0 Å². The summed E-state index contributed by atoms with van der Waals surface area (Å²) >= 11 is 0. The van der Waals surface area contributed by atoms with Crippen molar-refractivity contribution in [3.8, 4) is 28.0 Å². The molecule has 3 N–H and O–H groups in total. The maximum atomic E-state index is 13.7. The molecule has 2 aromatic heterocycles. The smallest absolute Gasteiger partial charge is 0.248 e. The quantitative estimate of drug-likeness (QED) is 0.176. The molecule has 0 spiro atoms. The number of furan rings is 1. The molecule has 0 bridgehead atoms. The molecule has 1 amide bonds. The number of nitrogen functional groups attached to an aromatic ring is 1. The predicted molar refractivity (Wildman–Crippen MR) is 164 cm³/mol. The van der Waals surface area contributed by atoms with Gasteiger partial charge in [-0.1, -0.05) is 24.3 Å². The zero-order valence-corrected chi connectivity index (χ0v) is 23.7. The second-order valence-electron chi connectivity index (χ2n) is 10.9. The third-order valence-corrected chi connectivity index (χ3v) is 7.65. The number of rotatable bonds is 8. The highest BCUT2D eigenvalue weighted by Crippen LogP contribution is 2.38. The van der Waals surface area contributed by atoms with E-state index >= 15 is 0 Å². The van der Waals surface area contributed by atoms with Gasteiger partial charge in [0, 0.05) is 36.1 Å². The normalized spacial score (nSPS) is 15.1. The van der Waals surface area contributed by atoms with E-state index in [2.05, 4.69) is 10.3 Å². The van der Waals surface area contributed by atoms with E-state index in [1.165, 1.54) is 18.2 Å². The standard InChI is InChI=1S/C35H30F3N3O3/c36-27-7-3-24(4-8-27)31-19-25(23-5-9-28(10-6-23)43-29-13-15-35(37,38)16-14-29)17-26-18-30(44-34(26)31)21-41-33(42)12-2-22-1-11-32(39)40-20-22/h1-12,17-20,29H,13-16,21H2,(H2,39,40)(H,41,42). The molecule has 1 fully saturated rings. The summed E-state index contributed by atoms with van der Waals surface area (Å²) in [5.41, 5.74) is 10.3. The second-order valence-corrected chi connectivity index (χ2v) is 10.9. The summed E-state index contributed by atoms with van der Waals surface area (Å²) in [4.78, 5) is 16.5. The van der Waals surface area contributed by atoms with E-state index in [0.29, 0.717) is 35.8 Å². The fourth-order valence-electron chi connectivity index (χ4n) is 5.27. The zero-order chi connectivity index (χ0) is 30.7. The molecular formula is C35H30F3N3O3. The molecule has 3 aromatic carbocycles. The number of benzene rings is 3. The summed E-state index contributed by atoms with van der Waals surface area (Å²) in [5.74, 6) is -1.66. The van der Waals surface area contributed by atoms with Gasteiger partial charge in [0.2, 0.25) is 11.8 Å². The Labute approximate surface area is 252 Å². The van der Waals surface area contributed by atoms with Gasteiger partial charge in [-0.25, -0.2) is 18.2 Å². The Hall–Kier alpha value is -5.05. The predicted octanol–water partition coefficient (Wildman–Crippen LogP) is 8.17. The van der Waals surface area contributed by atoms with Crippen LogP contribution in [0.25, 0.3) is 39.3 Å². The van der Waals surface area contributed by atoms with Crippen LogP contribution in [0.2, 0.25) is 0 Å². The minimum atomic E-state index is -2.60. The molecular weight excluding hydrogens is 567 g/mol. The third-order valence-electron chi connectivity index (χ3n) is 7.65. The van der Waals surface area contributed by atoms with Crippen LogP contribution in [0.1, 0.15) is 37.0 Å². The number of nitrogens with one attached hydrogen (secondary N) is 1. The van der Waals surface area contributed by atoms with E-state index in [-0.39, 0.29) is 37.2 Å². The molecule has 0 unspecified atom stereocenters. The number of alkyl halides is 2. The fraction of sp³-hybridized carbons (Fsp3) is 0.200. The van der Waals surface area contributed by atoms with Crippen molar-refractivity contribution in [3.63, 3.8) is 0 Å². The molecule has 1 aliphatic rings. The van der Waals surface area contributed by atoms with Crippen LogP contribution in [0.5, 0.6) is 5.75 Å². The van der Waals surface area contributed by atoms with Gasteiger partial charge in [-0.15, -0.1) is 0 Å². The number of anilines is 1. The van der Waals surface area contributed by atoms with E-state index in [9.17, 15) is 18.0 Å². The number of ether oxygens (including phenoxy) is 1. The van der Waals surface area contributed by atoms with Crippen LogP contribution < -0.4 is 15.8 Å². The average molecular weight is 598 g/mol. The number of aromatic nitrogens is 1. The molecule has 0 aliphatic heterocycles. The molecule has 224 valence electrons. The Kier molecular flexibility index (Phi) is 8.11. The number of fused-ring (bicyclic) bond motifs is 1. The summed E-state index contributed by atoms with van der Waals surface area (Å²) in [6.45, 7) is 0.162. The number of nitrogens with two attached hydrogens (primary N) is 1. The molecule has 1 aliphatic carbocycles. The monoisotopic (exact) mass is 597 g/mol. The number of hydrogen-bond acceptors (Lipinski definition) is 5. The highest BCUT2D eigenvalue weighted by molar-refractivity contribution is 5.97. The lowest BCUT2D eigenvalue weighted by Gasteiger charge is -2.28. The first-order valence-corrected chi connectivity index (χ1v) is 14.4. The van der Waals surface area contributed by atoms with E-state index in [0.717, 1.165) is 33.2 Å². The highest BCUT2D eigenvalue weighted by Gasteiger charge is 2.35. The van der Waals surface area contributed by atoms with E-state index in [1.807, 2.05) is 42.5 Å². The van der Waals surface area contributed by atoms with Crippen molar-refractivity contribution in [2.45, 2.75) is 44.3 Å². The van der Waals surface area contributed by atoms with Crippen molar-refractivity contribution in [2.75, 3.05) is 5.73 Å². The lowest BCUT2D eigenvalue weighted by Crippen LogP contribution is -2.30. The summed E-state index contributed by atoms with van der Waals surface area (Å²) in [6.07, 6.45) is 4.74. The Balaban J connectivity index is 1.22. The largest absolute Gasteiger partial charge is 0.490 e. The Bertz CT molecular complexity index is 1790. The van der Waals surface area contributed by atoms with Gasteiger partial charge < -0.3 is 20.2 Å². The SMILES string of the molecule is Nc1ccc(C=CC(=O)NCc2cc3cc(-c4ccc(OC5CCC(F)(F)CC5)cc4)cc(-c4ccc(F)cc4)c3o2)cn1. The molecule has 0 atom stereocenters. The van der Waals surface area contributed by atoms with Crippen molar-refractivity contribution in [1.82, 2.24) is 10.3 Å². The number of nitrogens with zero attached hydrogens (tertiary/aromatic N) is 1. The number of amides is 1. The number of pyridine rings is 1. The molecule has 44 heavy (non-hydrogen) atoms. The molecule has 2 heterocycles. The van der Waals surface area contributed by atoms with E-state index in [1.54, 1.807) is 36.5 Å². The maximum absolute atomic E-state index is 13.7. The van der Waals surface area contributed by atoms with Crippen LogP contribution in [-0.4, -0.2) is 22.9 Å². The van der Waals surface area contributed by atoms with E-state index in [4.69, 9.17) is 14.9 Å². The highest BCUT2D eigenvalue weighted by atomic mass is 19.3. The van der Waals surface area contributed by atoms with E-state index < -0.39 is 5.92 Å². The van der Waals surface area contributed by atoms with Crippen LogP contribution >= 0.6 is 0 Å². The lowest BCUT2D eigenvalue weighted by molar-refractivity contribution is -0.116. The topological polar surface area (TPSA) is 90.4 Å². The molecule has 6 rings (SSSR count). The number of halogens is 3. The molecule has 0 radical (unpaired) electrons. The number of carbonyl (C=O) groups is 1. The molecule has 5 aromatic rings. The third kappa shape index (κ3) is 6.94. The minimum absolute atomic E-state index is 0.156. The number of carbonyl (C=O) groups excluding carboxylic acids is 1. The average Bonchev–Trinajstić information content (AvgIpc) is 3.44. The Morgan fingerprint density at radius 3 is 2.41 bits per heavy atom. The first-order valence-electron chi connectivity index (χ1n) is 14.4. The first kappa shape index (κ1) is 29.0. The van der Waals surface area contributed by atoms with Crippen molar-refractivity contribution < 1.29 is 27.1 Å². The van der Waals surface area contributed by atoms with Gasteiger partial charge in [0.1, 0.15) is 28.7 Å². The summed E-state index contributed by atoms with van der Waals surface area (Å²) in [6, 6.07) is 23.0. The fourth-order valence-corrected chi connectivity index (χ4v) is 5.27. The van der Waals surface area contributed by atoms with Crippen LogP contribution in [0, 0.1) is 5.82 Å². The lowest BCUT2D eigenvalue weighted by atomic mass is 9.94. The van der Waals surface area contributed by atoms with Gasteiger partial charge in [0.05, 0.1) is 12.6 Å². The second kappa shape index (κ2) is 12.3. The van der Waals surface area contributed by atoms with Gasteiger partial charge in [0.25, 0.3) is 0 Å². The van der Waals surface area contributed by atoms with Crippen molar-refractivity contribution >= 4 is 28.8 Å². The molecule has 6 nitrogen and oxygen atoms in total. The van der Waals surface area contributed by atoms with Gasteiger partial charge in [-0.3, -0.25) is 4.79 Å². The van der Waals surface area contributed by atoms with Gasteiger partial charge in [0.15, 0.2) is 0 Å². The first-order chi connectivity index (χ1) is 21.2.